The van der Waals surface area contributed by atoms with Crippen LogP contribution in [0.2, 0.25) is 4.13 Å². The monoisotopic (exact) mass is 440 g/mol. The van der Waals surface area contributed by atoms with Crippen molar-refractivity contribution >= 4 is 24.2 Å². The van der Waals surface area contributed by atoms with E-state index in [1.807, 2.05) is 6.08 Å². The van der Waals surface area contributed by atoms with Crippen LogP contribution in [0.4, 0.5) is 0 Å². The molecule has 0 amide bonds. The minimum atomic E-state index is -0.634. The van der Waals surface area contributed by atoms with Crippen LogP contribution in [-0.2, 0) is 28.0 Å². The van der Waals surface area contributed by atoms with E-state index in [4.69, 9.17) is 5.11 Å². The average molecular weight is 443 g/mol. The Labute approximate surface area is 162 Å². The van der Waals surface area contributed by atoms with Gasteiger partial charge in [-0.25, -0.2) is 0 Å². The van der Waals surface area contributed by atoms with Crippen LogP contribution in [0.3, 0.4) is 0 Å². The first-order valence-electron chi connectivity index (χ1n) is 7.49. The number of hydrogen-bond donors (Lipinski definition) is 1. The molecule has 1 aromatic carbocycles. The first-order valence-corrected chi connectivity index (χ1v) is 11.9. The van der Waals surface area contributed by atoms with Gasteiger partial charge >= 0.3 is 138 Å². The second-order valence-corrected chi connectivity index (χ2v) is 10.8. The zero-order valence-electron chi connectivity index (χ0n) is 12.5. The van der Waals surface area contributed by atoms with E-state index in [1.54, 1.807) is 3.28 Å². The van der Waals surface area contributed by atoms with Crippen LogP contribution >= 0.6 is 0 Å². The second kappa shape index (κ2) is 7.76. The number of benzene rings is 1. The maximum atomic E-state index is 12.1. The Hall–Kier alpha value is -0.250. The van der Waals surface area contributed by atoms with Crippen LogP contribution in [0.1, 0.15) is 24.0 Å². The average Bonchev–Trinajstić information content (AvgIpc) is 3.24. The molecule has 0 radical (unpaired) electrons. The van der Waals surface area contributed by atoms with Gasteiger partial charge in [-0.15, -0.1) is 0 Å². The maximum absolute atomic E-state index is 12.1. The molecule has 3 aliphatic rings. The van der Waals surface area contributed by atoms with E-state index in [2.05, 4.69) is 24.3 Å². The van der Waals surface area contributed by atoms with E-state index in [-0.39, 0.29) is 40.1 Å². The Morgan fingerprint density at radius 1 is 1.04 bits per heavy atom. The molecular formula is C17H16Cl2O2SiZr. The van der Waals surface area contributed by atoms with Crippen molar-refractivity contribution in [3.63, 3.8) is 0 Å². The largest absolute Gasteiger partial charge is 1.00 e. The van der Waals surface area contributed by atoms with Gasteiger partial charge in [0.1, 0.15) is 0 Å². The number of allylic oxidation sites excluding steroid dienone is 5. The van der Waals surface area contributed by atoms with E-state index in [0.717, 1.165) is 12.8 Å². The molecule has 1 N–H and O–H groups in total. The number of carbonyl (C=O) groups excluding carboxylic acids is 1. The van der Waals surface area contributed by atoms with Gasteiger partial charge in [0.25, 0.3) is 0 Å². The number of carbonyl (C=O) groups is 1. The summed E-state index contributed by atoms with van der Waals surface area (Å²) in [7, 11) is -0.359. The Kier molecular flexibility index (Phi) is 6.43. The van der Waals surface area contributed by atoms with Crippen LogP contribution in [0.25, 0.3) is 8.85 Å². The summed E-state index contributed by atoms with van der Waals surface area (Å²) in [5.41, 5.74) is 5.38. The Bertz CT molecular complexity index is 753. The summed E-state index contributed by atoms with van der Waals surface area (Å²) in [6.07, 6.45) is 3.96. The van der Waals surface area contributed by atoms with Crippen molar-refractivity contribution < 1.29 is 58.0 Å². The zero-order chi connectivity index (χ0) is 14.4. The van der Waals surface area contributed by atoms with Crippen molar-refractivity contribution in [2.24, 2.45) is 0 Å². The quantitative estimate of drug-likeness (QED) is 0.374. The summed E-state index contributed by atoms with van der Waals surface area (Å²) >= 11 is -0.634. The first kappa shape index (κ1) is 19.1. The fraction of sp³-hybridized carbons (Fsp3) is 0.235. The van der Waals surface area contributed by atoms with E-state index in [0.29, 0.717) is 6.61 Å². The molecule has 6 heteroatoms. The third-order valence-electron chi connectivity index (χ3n) is 4.36. The summed E-state index contributed by atoms with van der Waals surface area (Å²) in [5, 5.41) is 11.6. The number of rotatable bonds is 5. The van der Waals surface area contributed by atoms with Crippen molar-refractivity contribution in [3.05, 3.63) is 57.4 Å². The normalized spacial score (nSPS) is 17.6. The van der Waals surface area contributed by atoms with E-state index in [9.17, 15) is 4.79 Å². The third-order valence-corrected chi connectivity index (χ3v) is 9.75. The summed E-state index contributed by atoms with van der Waals surface area (Å²) in [5.74, 6) is 0.289. The summed E-state index contributed by atoms with van der Waals surface area (Å²) in [6.45, 7) is 0.309. The predicted molar refractivity (Wildman–Crippen MR) is 83.0 cm³/mol. The molecule has 23 heavy (non-hydrogen) atoms. The van der Waals surface area contributed by atoms with E-state index < -0.39 is 23.2 Å². The fourth-order valence-electron chi connectivity index (χ4n) is 3.26. The van der Waals surface area contributed by atoms with E-state index in [1.165, 1.54) is 36.8 Å². The van der Waals surface area contributed by atoms with Crippen molar-refractivity contribution in [1.29, 1.82) is 0 Å². The molecule has 118 valence electrons. The minimum absolute atomic E-state index is 0. The van der Waals surface area contributed by atoms with Gasteiger partial charge in [-0.1, -0.05) is 0 Å². The van der Waals surface area contributed by atoms with Crippen LogP contribution in [0.15, 0.2) is 46.3 Å². The number of hydrogen-bond acceptors (Lipinski definition) is 2. The molecule has 1 heterocycles. The van der Waals surface area contributed by atoms with Crippen LogP contribution in [-0.4, -0.2) is 27.0 Å². The molecule has 0 saturated carbocycles. The molecule has 0 aromatic heterocycles. The van der Waals surface area contributed by atoms with Crippen LogP contribution in [0, 0.1) is 0 Å². The molecule has 0 spiro atoms. The van der Waals surface area contributed by atoms with E-state index >= 15 is 0 Å². The van der Waals surface area contributed by atoms with Crippen molar-refractivity contribution in [2.45, 2.75) is 17.0 Å². The Balaban J connectivity index is 0.000000960. The number of halogens is 2. The zero-order valence-corrected chi connectivity index (χ0v) is 17.9. The molecule has 0 fully saturated rings. The Morgan fingerprint density at radius 2 is 1.78 bits per heavy atom. The van der Waals surface area contributed by atoms with Crippen molar-refractivity contribution in [2.75, 3.05) is 6.61 Å². The van der Waals surface area contributed by atoms with Gasteiger partial charge < -0.3 is 24.8 Å². The van der Waals surface area contributed by atoms with Gasteiger partial charge in [0.2, 0.25) is 0 Å². The minimum Gasteiger partial charge on any atom is -1.00 e. The fourth-order valence-corrected chi connectivity index (χ4v) is 8.94. The molecule has 0 unspecified atom stereocenters. The first-order chi connectivity index (χ1) is 10.3. The molecule has 0 atom stereocenters. The van der Waals surface area contributed by atoms with Gasteiger partial charge in [0.05, 0.1) is 0 Å². The summed E-state index contributed by atoms with van der Waals surface area (Å²) in [6, 6.07) is 8.60. The molecule has 2 aliphatic carbocycles. The second-order valence-electron chi connectivity index (χ2n) is 5.71. The molecule has 0 saturated heterocycles. The molecule has 4 rings (SSSR count). The standard InChI is InChI=1S/C13H7OSi.C4H9O.2ClH.Zr/c14-11-6-9-8-4-2-1-3-7(8)5-10(9)12-13(11)15-12;1-2-3-4-5;;;/h1-4,6H,15H2;5H,1-4H2;2*1H;/q;;;;+2/p-2. The number of ketones is 1. The summed E-state index contributed by atoms with van der Waals surface area (Å²) in [4.78, 5) is 12.1. The topological polar surface area (TPSA) is 37.3 Å². The van der Waals surface area contributed by atoms with Crippen LogP contribution < -0.4 is 24.8 Å². The number of aliphatic hydroxyl groups is 1. The number of unbranched alkanes of at least 4 members (excludes halogenated alkanes) is 1. The van der Waals surface area contributed by atoms with Gasteiger partial charge in [-0.05, 0) is 0 Å². The molecule has 1 aromatic rings. The third kappa shape index (κ3) is 3.29. The molecular weight excluding hydrogens is 426 g/mol. The maximum Gasteiger partial charge on any atom is -1.00 e. The van der Waals surface area contributed by atoms with Gasteiger partial charge in [0.15, 0.2) is 0 Å². The smallest absolute Gasteiger partial charge is 1.00 e. The van der Waals surface area contributed by atoms with Gasteiger partial charge in [0, 0.05) is 0 Å². The predicted octanol–water partition coefficient (Wildman–Crippen LogP) is -3.95. The molecule has 1 aliphatic heterocycles. The van der Waals surface area contributed by atoms with Gasteiger partial charge in [-0.2, -0.15) is 0 Å². The summed E-state index contributed by atoms with van der Waals surface area (Å²) < 4.78 is 2.89. The molecule has 0 bridgehead atoms. The van der Waals surface area contributed by atoms with Crippen molar-refractivity contribution in [1.82, 2.24) is 0 Å². The van der Waals surface area contributed by atoms with Gasteiger partial charge in [-0.3, -0.25) is 0 Å². The van der Waals surface area contributed by atoms with Crippen LogP contribution in [0.5, 0.6) is 0 Å². The molecule has 2 nitrogen and oxygen atoms in total. The SMILES string of the molecule is O=C1C=C2C(=[C]([Zr+2][CH2]CCCO)c3ccccc32)C2=C1[SiH2]2.[Cl-].[Cl-]. The number of fused-ring (bicyclic) bond motifs is 4. The Morgan fingerprint density at radius 3 is 2.52 bits per heavy atom. The number of aliphatic hydroxyl groups excluding tert-OH is 1. The van der Waals surface area contributed by atoms with Crippen molar-refractivity contribution in [3.8, 4) is 0 Å².